The van der Waals surface area contributed by atoms with Crippen LogP contribution in [0.4, 0.5) is 16.2 Å². The number of urea groups is 1. The Bertz CT molecular complexity index is 884. The molecule has 3 rings (SSSR count). The first-order valence-corrected chi connectivity index (χ1v) is 8.38. The molecule has 0 radical (unpaired) electrons. The first kappa shape index (κ1) is 18.2. The van der Waals surface area contributed by atoms with Gasteiger partial charge in [0, 0.05) is 24.7 Å². The second kappa shape index (κ2) is 7.77. The predicted octanol–water partition coefficient (Wildman–Crippen LogP) is 1.72. The number of carbonyl (C=O) groups excluding carboxylic acids is 3. The maximum absolute atomic E-state index is 12.3. The Hall–Kier alpha value is -3.55. The van der Waals surface area contributed by atoms with Crippen molar-refractivity contribution in [3.63, 3.8) is 0 Å². The molecule has 0 aliphatic carbocycles. The first-order chi connectivity index (χ1) is 13.0. The summed E-state index contributed by atoms with van der Waals surface area (Å²) in [6.45, 7) is 0.344. The van der Waals surface area contributed by atoms with E-state index in [2.05, 4.69) is 10.6 Å². The van der Waals surface area contributed by atoms with E-state index in [9.17, 15) is 14.4 Å². The third-order valence-electron chi connectivity index (χ3n) is 4.27. The van der Waals surface area contributed by atoms with Gasteiger partial charge in [-0.3, -0.25) is 9.59 Å². The Morgan fingerprint density at radius 2 is 1.96 bits per heavy atom. The van der Waals surface area contributed by atoms with Crippen molar-refractivity contribution in [2.45, 2.75) is 12.5 Å². The molecule has 0 saturated carbocycles. The van der Waals surface area contributed by atoms with Crippen LogP contribution in [-0.4, -0.2) is 37.5 Å². The highest BCUT2D eigenvalue weighted by atomic mass is 16.5. The fourth-order valence-corrected chi connectivity index (χ4v) is 2.98. The fraction of sp³-hybridized carbons (Fsp3) is 0.211. The van der Waals surface area contributed by atoms with Gasteiger partial charge in [0.1, 0.15) is 5.75 Å². The molecule has 1 fully saturated rings. The number of anilines is 2. The lowest BCUT2D eigenvalue weighted by molar-refractivity contribution is -0.117. The van der Waals surface area contributed by atoms with Crippen molar-refractivity contribution in [2.75, 3.05) is 23.9 Å². The Labute approximate surface area is 156 Å². The maximum atomic E-state index is 12.3. The summed E-state index contributed by atoms with van der Waals surface area (Å²) in [5.41, 5.74) is 6.55. The molecule has 1 atom stereocenters. The number of nitrogens with two attached hydrogens (primary N) is 1. The number of benzene rings is 2. The number of primary amides is 1. The summed E-state index contributed by atoms with van der Waals surface area (Å²) in [6.07, 6.45) is 0.183. The summed E-state index contributed by atoms with van der Waals surface area (Å²) in [4.78, 5) is 37.6. The van der Waals surface area contributed by atoms with Crippen LogP contribution in [0.15, 0.2) is 48.5 Å². The van der Waals surface area contributed by atoms with E-state index in [0.717, 1.165) is 0 Å². The molecule has 1 saturated heterocycles. The monoisotopic (exact) mass is 368 g/mol. The molecule has 27 heavy (non-hydrogen) atoms. The fourth-order valence-electron chi connectivity index (χ4n) is 2.98. The Kier molecular flexibility index (Phi) is 5.25. The average molecular weight is 368 g/mol. The average Bonchev–Trinajstić information content (AvgIpc) is 3.02. The molecule has 4 N–H and O–H groups in total. The minimum atomic E-state index is -0.633. The van der Waals surface area contributed by atoms with Gasteiger partial charge < -0.3 is 26.0 Å². The van der Waals surface area contributed by atoms with Crippen molar-refractivity contribution in [1.29, 1.82) is 0 Å². The summed E-state index contributed by atoms with van der Waals surface area (Å²) in [6, 6.07) is 12.8. The summed E-state index contributed by atoms with van der Waals surface area (Å²) in [5, 5.41) is 5.36. The lowest BCUT2D eigenvalue weighted by Crippen LogP contribution is -2.40. The summed E-state index contributed by atoms with van der Waals surface area (Å²) in [7, 11) is 1.56. The molecule has 0 spiro atoms. The van der Waals surface area contributed by atoms with Gasteiger partial charge in [-0.25, -0.2) is 4.79 Å². The van der Waals surface area contributed by atoms with Crippen LogP contribution in [0.5, 0.6) is 5.75 Å². The van der Waals surface area contributed by atoms with E-state index in [4.69, 9.17) is 10.5 Å². The van der Waals surface area contributed by atoms with Gasteiger partial charge in [0.2, 0.25) is 5.91 Å². The highest BCUT2D eigenvalue weighted by Gasteiger charge is 2.31. The third-order valence-corrected chi connectivity index (χ3v) is 4.27. The zero-order valence-corrected chi connectivity index (χ0v) is 14.8. The highest BCUT2D eigenvalue weighted by molar-refractivity contribution is 6.03. The lowest BCUT2D eigenvalue weighted by atomic mass is 10.1. The number of hydrogen-bond acceptors (Lipinski definition) is 4. The summed E-state index contributed by atoms with van der Waals surface area (Å²) < 4.78 is 5.18. The Balaban J connectivity index is 1.64. The number of hydrogen-bond donors (Lipinski definition) is 3. The van der Waals surface area contributed by atoms with Gasteiger partial charge >= 0.3 is 6.03 Å². The van der Waals surface area contributed by atoms with Crippen LogP contribution >= 0.6 is 0 Å². The highest BCUT2D eigenvalue weighted by Crippen LogP contribution is 2.25. The van der Waals surface area contributed by atoms with Crippen LogP contribution in [0.2, 0.25) is 0 Å². The smallest absolute Gasteiger partial charge is 0.319 e. The first-order valence-electron chi connectivity index (χ1n) is 8.38. The minimum absolute atomic E-state index is 0.0916. The number of amides is 4. The number of rotatable bonds is 5. The topological polar surface area (TPSA) is 114 Å². The molecule has 8 nitrogen and oxygen atoms in total. The zero-order valence-electron chi connectivity index (χ0n) is 14.8. The standard InChI is InChI=1S/C19H20N4O4/c1-27-14-6-4-5-13(10-14)23-11-12(9-17(23)24)21-19(26)22-16-8-3-2-7-15(16)18(20)25/h2-8,10,12H,9,11H2,1H3,(H2,20,25)(H2,21,22,26)/t12-/m1/s1. The van der Waals surface area contributed by atoms with E-state index in [1.54, 1.807) is 48.4 Å². The van der Waals surface area contributed by atoms with Crippen LogP contribution < -0.4 is 26.0 Å². The van der Waals surface area contributed by atoms with Crippen molar-refractivity contribution in [3.8, 4) is 5.75 Å². The number of nitrogens with zero attached hydrogens (tertiary/aromatic N) is 1. The number of nitrogens with one attached hydrogen (secondary N) is 2. The normalized spacial score (nSPS) is 16.1. The third kappa shape index (κ3) is 4.17. The van der Waals surface area contributed by atoms with Crippen molar-refractivity contribution in [3.05, 3.63) is 54.1 Å². The van der Waals surface area contributed by atoms with Crippen molar-refractivity contribution in [2.24, 2.45) is 5.73 Å². The molecule has 2 aromatic carbocycles. The molecule has 1 aliphatic heterocycles. The molecule has 0 unspecified atom stereocenters. The largest absolute Gasteiger partial charge is 0.497 e. The van der Waals surface area contributed by atoms with E-state index >= 15 is 0 Å². The summed E-state index contributed by atoms with van der Waals surface area (Å²) in [5.74, 6) is -0.0743. The van der Waals surface area contributed by atoms with E-state index in [0.29, 0.717) is 23.7 Å². The SMILES string of the molecule is COc1cccc(N2C[C@H](NC(=O)Nc3ccccc3C(N)=O)CC2=O)c1. The number of ether oxygens (including phenoxy) is 1. The molecule has 4 amide bonds. The van der Waals surface area contributed by atoms with Crippen LogP contribution in [0, 0.1) is 0 Å². The molecule has 0 aromatic heterocycles. The van der Waals surface area contributed by atoms with Gasteiger partial charge in [-0.15, -0.1) is 0 Å². The van der Waals surface area contributed by atoms with Crippen molar-refractivity contribution in [1.82, 2.24) is 5.32 Å². The van der Waals surface area contributed by atoms with Crippen molar-refractivity contribution >= 4 is 29.2 Å². The van der Waals surface area contributed by atoms with E-state index < -0.39 is 11.9 Å². The molecular weight excluding hydrogens is 348 g/mol. The summed E-state index contributed by atoms with van der Waals surface area (Å²) >= 11 is 0. The van der Waals surface area contributed by atoms with E-state index in [-0.39, 0.29) is 23.9 Å². The van der Waals surface area contributed by atoms with Gasteiger partial charge in [0.25, 0.3) is 5.91 Å². The molecule has 1 heterocycles. The number of carbonyl (C=O) groups is 3. The molecule has 8 heteroatoms. The quantitative estimate of drug-likeness (QED) is 0.745. The van der Waals surface area contributed by atoms with Crippen LogP contribution in [-0.2, 0) is 4.79 Å². The van der Waals surface area contributed by atoms with Gasteiger partial charge in [-0.2, -0.15) is 0 Å². The van der Waals surface area contributed by atoms with Crippen LogP contribution in [0.25, 0.3) is 0 Å². The maximum Gasteiger partial charge on any atom is 0.319 e. The van der Waals surface area contributed by atoms with Gasteiger partial charge in [-0.05, 0) is 24.3 Å². The minimum Gasteiger partial charge on any atom is -0.497 e. The zero-order chi connectivity index (χ0) is 19.4. The van der Waals surface area contributed by atoms with Crippen LogP contribution in [0.1, 0.15) is 16.8 Å². The molecule has 0 bridgehead atoms. The van der Waals surface area contributed by atoms with E-state index in [1.807, 2.05) is 6.07 Å². The van der Waals surface area contributed by atoms with E-state index in [1.165, 1.54) is 6.07 Å². The Morgan fingerprint density at radius 1 is 1.19 bits per heavy atom. The second-order valence-corrected chi connectivity index (χ2v) is 6.12. The molecule has 140 valence electrons. The molecule has 2 aromatic rings. The number of para-hydroxylation sites is 1. The van der Waals surface area contributed by atoms with Crippen LogP contribution in [0.3, 0.4) is 0 Å². The predicted molar refractivity (Wildman–Crippen MR) is 101 cm³/mol. The molecule has 1 aliphatic rings. The van der Waals surface area contributed by atoms with Gasteiger partial charge in [-0.1, -0.05) is 18.2 Å². The second-order valence-electron chi connectivity index (χ2n) is 6.12. The van der Waals surface area contributed by atoms with Crippen molar-refractivity contribution < 1.29 is 19.1 Å². The van der Waals surface area contributed by atoms with Gasteiger partial charge in [0.15, 0.2) is 0 Å². The lowest BCUT2D eigenvalue weighted by Gasteiger charge is -2.18. The van der Waals surface area contributed by atoms with Gasteiger partial charge in [0.05, 0.1) is 24.4 Å². The Morgan fingerprint density at radius 3 is 2.70 bits per heavy atom. The number of methoxy groups -OCH3 is 1. The molecular formula is C19H20N4O4.